The summed E-state index contributed by atoms with van der Waals surface area (Å²) in [6, 6.07) is 2.76. The Morgan fingerprint density at radius 2 is 1.78 bits per heavy atom. The van der Waals surface area contributed by atoms with Crippen molar-refractivity contribution in [3.63, 3.8) is 0 Å². The molecular formula is C12H13F2NO3. The second-order valence-electron chi connectivity index (χ2n) is 4.58. The first-order valence-corrected chi connectivity index (χ1v) is 5.18. The Balaban J connectivity index is 2.70. The minimum Gasteiger partial charge on any atom is -0.453 e. The van der Waals surface area contributed by atoms with Crippen LogP contribution in [-0.2, 0) is 14.3 Å². The number of nitrogens with one attached hydrogen (secondary N) is 1. The van der Waals surface area contributed by atoms with Crippen LogP contribution in [0.4, 0.5) is 14.5 Å². The molecule has 4 nitrogen and oxygen atoms in total. The summed E-state index contributed by atoms with van der Waals surface area (Å²) in [6.45, 7) is 4.82. The molecule has 0 saturated carbocycles. The van der Waals surface area contributed by atoms with Crippen LogP contribution in [0.15, 0.2) is 18.2 Å². The van der Waals surface area contributed by atoms with Gasteiger partial charge in [0, 0.05) is 11.8 Å². The van der Waals surface area contributed by atoms with Gasteiger partial charge in [-0.25, -0.2) is 13.6 Å². The molecule has 0 atom stereocenters. The number of carbonyl (C=O) groups is 2. The number of ether oxygens (including phenoxy) is 1. The smallest absolute Gasteiger partial charge is 0.397 e. The van der Waals surface area contributed by atoms with Crippen molar-refractivity contribution in [2.45, 2.75) is 26.4 Å². The minimum absolute atomic E-state index is 0.0234. The fourth-order valence-electron chi connectivity index (χ4n) is 1.08. The number of hydrogen-bond donors (Lipinski definition) is 1. The lowest BCUT2D eigenvalue weighted by molar-refractivity contribution is -0.161. The third-order valence-corrected chi connectivity index (χ3v) is 1.76. The molecule has 98 valence electrons. The highest BCUT2D eigenvalue weighted by molar-refractivity contribution is 6.37. The van der Waals surface area contributed by atoms with Crippen molar-refractivity contribution >= 4 is 17.6 Å². The largest absolute Gasteiger partial charge is 0.453 e. The monoisotopic (exact) mass is 257 g/mol. The Bertz CT molecular complexity index is 481. The van der Waals surface area contributed by atoms with E-state index in [-0.39, 0.29) is 5.69 Å². The molecule has 6 heteroatoms. The number of halogens is 2. The van der Waals surface area contributed by atoms with Crippen LogP contribution in [0.2, 0.25) is 0 Å². The van der Waals surface area contributed by atoms with Crippen molar-refractivity contribution in [2.24, 2.45) is 0 Å². The van der Waals surface area contributed by atoms with Gasteiger partial charge >= 0.3 is 11.9 Å². The van der Waals surface area contributed by atoms with Gasteiger partial charge in [-0.3, -0.25) is 4.79 Å². The summed E-state index contributed by atoms with van der Waals surface area (Å²) in [6.07, 6.45) is 0. The molecule has 0 heterocycles. The number of hydrogen-bond acceptors (Lipinski definition) is 3. The summed E-state index contributed by atoms with van der Waals surface area (Å²) in [5.74, 6) is -4.29. The Morgan fingerprint density at radius 3 is 2.28 bits per heavy atom. The average molecular weight is 257 g/mol. The minimum atomic E-state index is -1.11. The summed E-state index contributed by atoms with van der Waals surface area (Å²) in [5, 5.41) is 2.11. The van der Waals surface area contributed by atoms with Crippen molar-refractivity contribution in [3.05, 3.63) is 29.8 Å². The number of rotatable bonds is 1. The Hall–Kier alpha value is -1.98. The topological polar surface area (TPSA) is 55.4 Å². The third-order valence-electron chi connectivity index (χ3n) is 1.76. The lowest BCUT2D eigenvalue weighted by Crippen LogP contribution is -2.32. The normalized spacial score (nSPS) is 10.9. The predicted molar refractivity (Wildman–Crippen MR) is 60.8 cm³/mol. The molecule has 0 aliphatic rings. The van der Waals surface area contributed by atoms with Crippen LogP contribution in [0.1, 0.15) is 20.8 Å². The predicted octanol–water partition coefficient (Wildman–Crippen LogP) is 2.25. The van der Waals surface area contributed by atoms with Crippen LogP contribution in [0, 0.1) is 11.6 Å². The molecule has 0 aliphatic heterocycles. The molecule has 0 bridgehead atoms. The number of esters is 1. The van der Waals surface area contributed by atoms with Crippen molar-refractivity contribution in [1.29, 1.82) is 0 Å². The average Bonchev–Trinajstić information content (AvgIpc) is 2.21. The van der Waals surface area contributed by atoms with Gasteiger partial charge in [-0.15, -0.1) is 0 Å². The summed E-state index contributed by atoms with van der Waals surface area (Å²) >= 11 is 0. The highest BCUT2D eigenvalue weighted by Crippen LogP contribution is 2.13. The van der Waals surface area contributed by atoms with E-state index in [4.69, 9.17) is 4.74 Å². The van der Waals surface area contributed by atoms with Gasteiger partial charge in [0.2, 0.25) is 0 Å². The first kappa shape index (κ1) is 14.1. The van der Waals surface area contributed by atoms with Gasteiger partial charge in [0.1, 0.15) is 5.60 Å². The summed E-state index contributed by atoms with van der Waals surface area (Å²) in [5.41, 5.74) is -0.826. The van der Waals surface area contributed by atoms with Gasteiger partial charge in [0.15, 0.2) is 11.6 Å². The molecular weight excluding hydrogens is 244 g/mol. The molecule has 0 spiro atoms. The Labute approximate surface area is 103 Å². The molecule has 0 saturated heterocycles. The standard InChI is InChI=1S/C12H13F2NO3/c1-12(2,3)18-11(17)10(16)15-7-4-5-8(13)9(14)6-7/h4-6H,1-3H3,(H,15,16). The zero-order chi connectivity index (χ0) is 13.9. The van der Waals surface area contributed by atoms with E-state index < -0.39 is 29.1 Å². The van der Waals surface area contributed by atoms with Crippen molar-refractivity contribution < 1.29 is 23.1 Å². The van der Waals surface area contributed by atoms with Gasteiger partial charge in [0.05, 0.1) is 0 Å². The lowest BCUT2D eigenvalue weighted by Gasteiger charge is -2.18. The summed E-state index contributed by atoms with van der Waals surface area (Å²) in [4.78, 5) is 22.7. The Kier molecular flexibility index (Phi) is 4.00. The second-order valence-corrected chi connectivity index (χ2v) is 4.58. The third kappa shape index (κ3) is 4.12. The maximum Gasteiger partial charge on any atom is 0.397 e. The molecule has 1 amide bonds. The quantitative estimate of drug-likeness (QED) is 0.620. The molecule has 0 fully saturated rings. The molecule has 18 heavy (non-hydrogen) atoms. The van der Waals surface area contributed by atoms with E-state index in [2.05, 4.69) is 5.32 Å². The first-order chi connectivity index (χ1) is 8.19. The highest BCUT2D eigenvalue weighted by Gasteiger charge is 2.23. The number of anilines is 1. The van der Waals surface area contributed by atoms with E-state index in [1.807, 2.05) is 0 Å². The Morgan fingerprint density at radius 1 is 1.17 bits per heavy atom. The maximum atomic E-state index is 12.9. The number of carbonyl (C=O) groups excluding carboxylic acids is 2. The van der Waals surface area contributed by atoms with E-state index >= 15 is 0 Å². The zero-order valence-electron chi connectivity index (χ0n) is 10.2. The number of benzene rings is 1. The first-order valence-electron chi connectivity index (χ1n) is 5.18. The fourth-order valence-corrected chi connectivity index (χ4v) is 1.08. The molecule has 1 aromatic rings. The van der Waals surface area contributed by atoms with Gasteiger partial charge < -0.3 is 10.1 Å². The van der Waals surface area contributed by atoms with Crippen molar-refractivity contribution in [3.8, 4) is 0 Å². The van der Waals surface area contributed by atoms with Crippen molar-refractivity contribution in [2.75, 3.05) is 5.32 Å². The van der Waals surface area contributed by atoms with Crippen LogP contribution in [0.3, 0.4) is 0 Å². The van der Waals surface area contributed by atoms with E-state index in [1.165, 1.54) is 0 Å². The van der Waals surface area contributed by atoms with Crippen LogP contribution in [0.5, 0.6) is 0 Å². The van der Waals surface area contributed by atoms with E-state index in [0.29, 0.717) is 0 Å². The zero-order valence-corrected chi connectivity index (χ0v) is 10.2. The molecule has 0 aromatic heterocycles. The van der Waals surface area contributed by atoms with Crippen LogP contribution in [-0.4, -0.2) is 17.5 Å². The fraction of sp³-hybridized carbons (Fsp3) is 0.333. The molecule has 1 N–H and O–H groups in total. The van der Waals surface area contributed by atoms with E-state index in [1.54, 1.807) is 20.8 Å². The molecule has 0 unspecified atom stereocenters. The van der Waals surface area contributed by atoms with E-state index in [0.717, 1.165) is 18.2 Å². The maximum absolute atomic E-state index is 12.9. The summed E-state index contributed by atoms with van der Waals surface area (Å²) in [7, 11) is 0. The van der Waals surface area contributed by atoms with Crippen LogP contribution in [0.25, 0.3) is 0 Å². The van der Waals surface area contributed by atoms with Crippen LogP contribution >= 0.6 is 0 Å². The van der Waals surface area contributed by atoms with Crippen LogP contribution < -0.4 is 5.32 Å². The van der Waals surface area contributed by atoms with Gasteiger partial charge in [-0.05, 0) is 32.9 Å². The SMILES string of the molecule is CC(C)(C)OC(=O)C(=O)Nc1ccc(F)c(F)c1. The van der Waals surface area contributed by atoms with Crippen molar-refractivity contribution in [1.82, 2.24) is 0 Å². The molecule has 1 aromatic carbocycles. The number of amides is 1. The second kappa shape index (κ2) is 5.12. The lowest BCUT2D eigenvalue weighted by atomic mass is 10.2. The van der Waals surface area contributed by atoms with Gasteiger partial charge in [-0.1, -0.05) is 0 Å². The van der Waals surface area contributed by atoms with Gasteiger partial charge in [-0.2, -0.15) is 0 Å². The molecule has 0 aliphatic carbocycles. The van der Waals surface area contributed by atoms with E-state index in [9.17, 15) is 18.4 Å². The molecule has 0 radical (unpaired) electrons. The van der Waals surface area contributed by atoms with Gasteiger partial charge in [0.25, 0.3) is 0 Å². The summed E-state index contributed by atoms with van der Waals surface area (Å²) < 4.78 is 30.3. The highest BCUT2D eigenvalue weighted by atomic mass is 19.2. The molecule has 1 rings (SSSR count).